The van der Waals surface area contributed by atoms with E-state index < -0.39 is 22.0 Å². The van der Waals surface area contributed by atoms with E-state index in [-0.39, 0.29) is 32.6 Å². The molecule has 11 heteroatoms. The van der Waals surface area contributed by atoms with Crippen molar-refractivity contribution in [3.63, 3.8) is 0 Å². The number of para-hydroxylation sites is 2. The first-order chi connectivity index (χ1) is 18.2. The number of rotatable bonds is 6. The first-order valence-corrected chi connectivity index (χ1v) is 12.4. The van der Waals surface area contributed by atoms with Crippen molar-refractivity contribution in [2.75, 3.05) is 0 Å². The Labute approximate surface area is 224 Å². The van der Waals surface area contributed by atoms with Crippen molar-refractivity contribution in [1.82, 2.24) is 19.6 Å². The Balaban J connectivity index is 1.85. The Hall–Kier alpha value is -4.64. The summed E-state index contributed by atoms with van der Waals surface area (Å²) in [5.74, 6) is -1.44. The molecule has 0 fully saturated rings. The lowest BCUT2D eigenvalue weighted by molar-refractivity contribution is -0.385. The maximum Gasteiger partial charge on any atom is 0.275 e. The molecule has 0 saturated heterocycles. The molecule has 10 nitrogen and oxygen atoms in total. The maximum atomic E-state index is 13.9. The number of nitrogens with zero attached hydrogens (tertiary/aromatic N) is 3. The van der Waals surface area contributed by atoms with Crippen molar-refractivity contribution in [3.05, 3.63) is 136 Å². The zero-order valence-corrected chi connectivity index (χ0v) is 21.9. The monoisotopic (exact) mass is 575 g/mol. The van der Waals surface area contributed by atoms with Gasteiger partial charge in [0.25, 0.3) is 16.8 Å². The molecule has 0 atom stereocenters. The molecule has 3 N–H and O–H groups in total. The highest BCUT2D eigenvalue weighted by Gasteiger charge is 2.34. The Morgan fingerprint density at radius 1 is 0.842 bits per heavy atom. The normalized spacial score (nSPS) is 11.3. The molecule has 5 aromatic rings. The van der Waals surface area contributed by atoms with E-state index in [4.69, 9.17) is 0 Å². The van der Waals surface area contributed by atoms with Crippen LogP contribution in [0.4, 0.5) is 5.69 Å². The lowest BCUT2D eigenvalue weighted by atomic mass is 9.84. The fourth-order valence-electron chi connectivity index (χ4n) is 4.70. The summed E-state index contributed by atoms with van der Waals surface area (Å²) < 4.78 is 2.76. The first-order valence-electron chi connectivity index (χ1n) is 11.6. The van der Waals surface area contributed by atoms with Crippen LogP contribution in [0.3, 0.4) is 0 Å². The third kappa shape index (κ3) is 4.16. The van der Waals surface area contributed by atoms with E-state index in [0.29, 0.717) is 22.8 Å². The molecule has 2 aromatic heterocycles. The van der Waals surface area contributed by atoms with Crippen molar-refractivity contribution < 1.29 is 10.0 Å². The van der Waals surface area contributed by atoms with Crippen molar-refractivity contribution in [1.29, 1.82) is 0 Å². The molecule has 3 aromatic carbocycles. The summed E-state index contributed by atoms with van der Waals surface area (Å²) >= 11 is 3.20. The summed E-state index contributed by atoms with van der Waals surface area (Å²) in [7, 11) is 0. The Bertz CT molecular complexity index is 1690. The van der Waals surface area contributed by atoms with Gasteiger partial charge in [-0.2, -0.15) is 0 Å². The predicted molar refractivity (Wildman–Crippen MR) is 146 cm³/mol. The molecule has 192 valence electrons. The van der Waals surface area contributed by atoms with Gasteiger partial charge in [0.2, 0.25) is 0 Å². The SMILES string of the molecule is Cc1[nH]n(-c2ccccc2)c(=O)c1C(c1cc([N+](=O)[O-])cc(Br)c1O)c1c(C)[nH]n(-c2ccccc2)c1=O. The number of H-pyrrole nitrogens is 2. The number of benzene rings is 3. The highest BCUT2D eigenvalue weighted by Crippen LogP contribution is 2.42. The number of hydrogen-bond acceptors (Lipinski definition) is 5. The van der Waals surface area contributed by atoms with Crippen LogP contribution < -0.4 is 11.1 Å². The third-order valence-corrected chi connectivity index (χ3v) is 7.04. The second-order valence-corrected chi connectivity index (χ2v) is 9.66. The molecule has 0 aliphatic rings. The number of halogens is 1. The van der Waals surface area contributed by atoms with Gasteiger partial charge < -0.3 is 5.11 Å². The van der Waals surface area contributed by atoms with Gasteiger partial charge in [0.15, 0.2) is 0 Å². The zero-order valence-electron chi connectivity index (χ0n) is 20.3. The summed E-state index contributed by atoms with van der Waals surface area (Å²) in [6.45, 7) is 3.37. The van der Waals surface area contributed by atoms with Crippen molar-refractivity contribution in [2.24, 2.45) is 0 Å². The van der Waals surface area contributed by atoms with Crippen molar-refractivity contribution in [3.8, 4) is 17.1 Å². The molecule has 0 bridgehead atoms. The van der Waals surface area contributed by atoms with Crippen LogP contribution in [0.1, 0.15) is 34.0 Å². The van der Waals surface area contributed by atoms with Crippen LogP contribution >= 0.6 is 15.9 Å². The van der Waals surface area contributed by atoms with E-state index in [9.17, 15) is 24.8 Å². The summed E-state index contributed by atoms with van der Waals surface area (Å²) in [5.41, 5.74) is 1.22. The van der Waals surface area contributed by atoms with Gasteiger partial charge in [-0.1, -0.05) is 36.4 Å². The number of nitro benzene ring substituents is 1. The van der Waals surface area contributed by atoms with Gasteiger partial charge in [-0.3, -0.25) is 29.9 Å². The van der Waals surface area contributed by atoms with Crippen LogP contribution in [0.25, 0.3) is 11.4 Å². The molecule has 2 heterocycles. The summed E-state index contributed by atoms with van der Waals surface area (Å²) in [6, 6.07) is 20.2. The van der Waals surface area contributed by atoms with Gasteiger partial charge in [0.05, 0.1) is 37.8 Å². The fraction of sp³-hybridized carbons (Fsp3) is 0.111. The average Bonchev–Trinajstić information content (AvgIpc) is 3.37. The highest BCUT2D eigenvalue weighted by atomic mass is 79.9. The molecular formula is C27H22BrN5O5. The largest absolute Gasteiger partial charge is 0.506 e. The number of nitro groups is 1. The first kappa shape index (κ1) is 25.0. The number of non-ortho nitro benzene ring substituents is 1. The Morgan fingerprint density at radius 2 is 1.29 bits per heavy atom. The second kappa shape index (κ2) is 9.67. The van der Waals surface area contributed by atoms with Crippen LogP contribution in [-0.4, -0.2) is 29.6 Å². The number of aromatic hydroxyl groups is 1. The number of phenols is 1. The summed E-state index contributed by atoms with van der Waals surface area (Å²) in [5, 5.41) is 28.9. The van der Waals surface area contributed by atoms with Gasteiger partial charge >= 0.3 is 0 Å². The number of hydrogen-bond donors (Lipinski definition) is 3. The lowest BCUT2D eigenvalue weighted by Gasteiger charge is -2.18. The molecule has 0 spiro atoms. The summed E-state index contributed by atoms with van der Waals surface area (Å²) in [4.78, 5) is 38.9. The van der Waals surface area contributed by atoms with Crippen LogP contribution in [0.15, 0.2) is 86.9 Å². The van der Waals surface area contributed by atoms with Crippen LogP contribution in [0, 0.1) is 24.0 Å². The van der Waals surface area contributed by atoms with E-state index in [0.717, 1.165) is 0 Å². The molecule has 0 aliphatic heterocycles. The Morgan fingerprint density at radius 3 is 1.71 bits per heavy atom. The Kier molecular flexibility index (Phi) is 6.37. The number of nitrogens with one attached hydrogen (secondary N) is 2. The fourth-order valence-corrected chi connectivity index (χ4v) is 5.17. The zero-order chi connectivity index (χ0) is 27.1. The van der Waals surface area contributed by atoms with Crippen LogP contribution in [0.5, 0.6) is 5.75 Å². The van der Waals surface area contributed by atoms with Gasteiger partial charge in [-0.25, -0.2) is 9.36 Å². The number of aryl methyl sites for hydroxylation is 2. The summed E-state index contributed by atoms with van der Waals surface area (Å²) in [6.07, 6.45) is 0. The van der Waals surface area contributed by atoms with Crippen LogP contribution in [-0.2, 0) is 0 Å². The lowest BCUT2D eigenvalue weighted by Crippen LogP contribution is -2.25. The molecule has 0 amide bonds. The van der Waals surface area contributed by atoms with Crippen LogP contribution in [0.2, 0.25) is 0 Å². The molecule has 5 rings (SSSR count). The van der Waals surface area contributed by atoms with Gasteiger partial charge in [0, 0.05) is 29.1 Å². The van der Waals surface area contributed by atoms with Gasteiger partial charge in [-0.15, -0.1) is 0 Å². The average molecular weight is 576 g/mol. The molecule has 0 aliphatic carbocycles. The number of aromatic nitrogens is 4. The smallest absolute Gasteiger partial charge is 0.275 e. The minimum Gasteiger partial charge on any atom is -0.506 e. The van der Waals surface area contributed by atoms with Crippen molar-refractivity contribution in [2.45, 2.75) is 19.8 Å². The maximum absolute atomic E-state index is 13.9. The molecule has 0 saturated carbocycles. The standard InChI is InChI=1S/C27H22BrN5O5/c1-15-22(26(35)31(29-15)17-9-5-3-6-10-17)24(20-13-19(33(37)38)14-21(28)25(20)34)23-16(2)30-32(27(23)36)18-11-7-4-8-12-18/h3-14,24,29-30,34H,1-2H3. The van der Waals surface area contributed by atoms with E-state index in [1.807, 2.05) is 12.1 Å². The number of phenolic OH excluding ortho intramolecular Hbond substituents is 1. The third-order valence-electron chi connectivity index (χ3n) is 6.44. The van der Waals surface area contributed by atoms with E-state index in [1.54, 1.807) is 62.4 Å². The molecular weight excluding hydrogens is 554 g/mol. The molecule has 0 unspecified atom stereocenters. The van der Waals surface area contributed by atoms with Crippen molar-refractivity contribution >= 4 is 21.6 Å². The minimum absolute atomic E-state index is 0.0462. The second-order valence-electron chi connectivity index (χ2n) is 8.81. The molecule has 0 radical (unpaired) electrons. The topological polar surface area (TPSA) is 139 Å². The predicted octanol–water partition coefficient (Wildman–Crippen LogP) is 4.82. The quantitative estimate of drug-likeness (QED) is 0.197. The number of aromatic amines is 2. The molecule has 38 heavy (non-hydrogen) atoms. The van der Waals surface area contributed by atoms with Gasteiger partial charge in [-0.05, 0) is 54.0 Å². The highest BCUT2D eigenvalue weighted by molar-refractivity contribution is 9.10. The van der Waals surface area contributed by atoms with E-state index in [1.165, 1.54) is 21.5 Å². The van der Waals surface area contributed by atoms with E-state index >= 15 is 0 Å². The minimum atomic E-state index is -1.13. The van der Waals surface area contributed by atoms with E-state index in [2.05, 4.69) is 26.1 Å². The van der Waals surface area contributed by atoms with Gasteiger partial charge in [0.1, 0.15) is 5.75 Å².